The number of hydrogen-bond donors (Lipinski definition) is 2. The summed E-state index contributed by atoms with van der Waals surface area (Å²) in [6, 6.07) is 9.45. The van der Waals surface area contributed by atoms with E-state index in [2.05, 4.69) is 5.32 Å². The van der Waals surface area contributed by atoms with Crippen molar-refractivity contribution in [2.45, 2.75) is 50.6 Å². The van der Waals surface area contributed by atoms with Crippen molar-refractivity contribution >= 4 is 22.8 Å². The maximum Gasteiger partial charge on any atom is 0.287 e. The van der Waals surface area contributed by atoms with Gasteiger partial charge in [-0.15, -0.1) is 0 Å². The van der Waals surface area contributed by atoms with E-state index >= 15 is 0 Å². The average Bonchev–Trinajstić information content (AvgIpc) is 3.28. The second-order valence-electron chi connectivity index (χ2n) is 7.86. The summed E-state index contributed by atoms with van der Waals surface area (Å²) >= 11 is 0. The molecule has 1 aliphatic heterocycles. The van der Waals surface area contributed by atoms with Gasteiger partial charge >= 0.3 is 0 Å². The normalized spacial score (nSPS) is 25.7. The van der Waals surface area contributed by atoms with Gasteiger partial charge in [-0.3, -0.25) is 9.59 Å². The lowest BCUT2D eigenvalue weighted by atomic mass is 9.98. The lowest BCUT2D eigenvalue weighted by Gasteiger charge is -2.34. The zero-order valence-corrected chi connectivity index (χ0v) is 15.5. The largest absolute Gasteiger partial charge is 0.451 e. The zero-order chi connectivity index (χ0) is 18.8. The highest BCUT2D eigenvalue weighted by Gasteiger charge is 2.30. The molecule has 3 N–H and O–H groups in total. The number of likely N-dealkylation sites (tertiary alicyclic amines) is 1. The van der Waals surface area contributed by atoms with Gasteiger partial charge in [-0.25, -0.2) is 0 Å². The topological polar surface area (TPSA) is 88.6 Å². The van der Waals surface area contributed by atoms with Gasteiger partial charge in [-0.1, -0.05) is 24.6 Å². The molecule has 0 bridgehead atoms. The molecule has 2 aliphatic rings. The zero-order valence-electron chi connectivity index (χ0n) is 15.5. The van der Waals surface area contributed by atoms with Gasteiger partial charge in [0.15, 0.2) is 5.76 Å². The highest BCUT2D eigenvalue weighted by molar-refractivity contribution is 5.96. The van der Waals surface area contributed by atoms with E-state index in [-0.39, 0.29) is 23.9 Å². The summed E-state index contributed by atoms with van der Waals surface area (Å²) in [6.45, 7) is 1.32. The third-order valence-corrected chi connectivity index (χ3v) is 5.91. The van der Waals surface area contributed by atoms with Crippen LogP contribution in [-0.2, 0) is 4.79 Å². The number of benzene rings is 1. The van der Waals surface area contributed by atoms with Crippen LogP contribution in [0.15, 0.2) is 34.7 Å². The standard InChI is InChI=1S/C21H27N3O3/c22-17-8-3-6-14(17)12-20(25)24-10-4-7-16(13-24)23-21(26)19-11-15-5-1-2-9-18(15)27-19/h1-2,5,9,11,14,16-17H,3-4,6-8,10,12-13,22H2,(H,23,26)/t14-,16?,17+/m0/s1. The first-order valence-corrected chi connectivity index (χ1v) is 9.93. The van der Waals surface area contributed by atoms with Crippen molar-refractivity contribution in [2.75, 3.05) is 13.1 Å². The molecule has 2 heterocycles. The number of fused-ring (bicyclic) bond motifs is 1. The van der Waals surface area contributed by atoms with Crippen molar-refractivity contribution in [3.05, 3.63) is 36.1 Å². The number of furan rings is 1. The van der Waals surface area contributed by atoms with Gasteiger partial charge in [-0.05, 0) is 43.7 Å². The molecule has 3 atom stereocenters. The van der Waals surface area contributed by atoms with E-state index in [1.807, 2.05) is 29.2 Å². The maximum absolute atomic E-state index is 12.7. The molecule has 2 fully saturated rings. The summed E-state index contributed by atoms with van der Waals surface area (Å²) in [4.78, 5) is 27.1. The number of para-hydroxylation sites is 1. The molecule has 1 aromatic carbocycles. The molecule has 0 spiro atoms. The first-order chi connectivity index (χ1) is 13.1. The summed E-state index contributed by atoms with van der Waals surface area (Å²) in [5, 5.41) is 3.95. The van der Waals surface area contributed by atoms with Gasteiger partial charge in [0.25, 0.3) is 5.91 Å². The lowest BCUT2D eigenvalue weighted by Crippen LogP contribution is -2.50. The number of carbonyl (C=O) groups excluding carboxylic acids is 2. The summed E-state index contributed by atoms with van der Waals surface area (Å²) < 4.78 is 5.64. The van der Waals surface area contributed by atoms with Gasteiger partial charge in [0.05, 0.1) is 0 Å². The molecule has 1 saturated heterocycles. The summed E-state index contributed by atoms with van der Waals surface area (Å²) in [5.74, 6) is 0.572. The van der Waals surface area contributed by atoms with E-state index in [0.717, 1.165) is 44.0 Å². The fraction of sp³-hybridized carbons (Fsp3) is 0.524. The van der Waals surface area contributed by atoms with Crippen LogP contribution in [0.4, 0.5) is 0 Å². The van der Waals surface area contributed by atoms with E-state index in [1.54, 1.807) is 6.07 Å². The van der Waals surface area contributed by atoms with Crippen LogP contribution in [0.1, 0.15) is 49.1 Å². The van der Waals surface area contributed by atoms with Crippen molar-refractivity contribution in [3.8, 4) is 0 Å². The van der Waals surface area contributed by atoms with Crippen molar-refractivity contribution in [2.24, 2.45) is 11.7 Å². The van der Waals surface area contributed by atoms with Crippen LogP contribution in [0.5, 0.6) is 0 Å². The summed E-state index contributed by atoms with van der Waals surface area (Å²) in [7, 11) is 0. The number of nitrogens with one attached hydrogen (secondary N) is 1. The number of piperidine rings is 1. The number of nitrogens with two attached hydrogens (primary N) is 1. The van der Waals surface area contributed by atoms with Crippen molar-refractivity contribution in [3.63, 3.8) is 0 Å². The number of hydrogen-bond acceptors (Lipinski definition) is 4. The molecule has 1 saturated carbocycles. The molecule has 2 amide bonds. The van der Waals surface area contributed by atoms with Gasteiger partial charge in [-0.2, -0.15) is 0 Å². The quantitative estimate of drug-likeness (QED) is 0.867. The Morgan fingerprint density at radius 3 is 2.81 bits per heavy atom. The van der Waals surface area contributed by atoms with E-state index in [0.29, 0.717) is 30.2 Å². The molecule has 6 heteroatoms. The highest BCUT2D eigenvalue weighted by Crippen LogP contribution is 2.28. The van der Waals surface area contributed by atoms with Crippen molar-refractivity contribution < 1.29 is 14.0 Å². The Morgan fingerprint density at radius 1 is 1.19 bits per heavy atom. The first-order valence-electron chi connectivity index (χ1n) is 9.93. The van der Waals surface area contributed by atoms with Crippen LogP contribution < -0.4 is 11.1 Å². The Kier molecular flexibility index (Phi) is 5.16. The predicted molar refractivity (Wildman–Crippen MR) is 103 cm³/mol. The minimum absolute atomic E-state index is 0.0411. The Hall–Kier alpha value is -2.34. The molecule has 27 heavy (non-hydrogen) atoms. The minimum Gasteiger partial charge on any atom is -0.451 e. The second kappa shape index (κ2) is 7.72. The SMILES string of the molecule is N[C@@H]1CCC[C@H]1CC(=O)N1CCCC(NC(=O)c2cc3ccccc3o2)C1. The fourth-order valence-electron chi connectivity index (χ4n) is 4.34. The smallest absolute Gasteiger partial charge is 0.287 e. The Bertz CT molecular complexity index is 798. The van der Waals surface area contributed by atoms with Crippen LogP contribution in [0.2, 0.25) is 0 Å². The highest BCUT2D eigenvalue weighted by atomic mass is 16.3. The molecule has 1 unspecified atom stereocenters. The number of rotatable bonds is 4. The lowest BCUT2D eigenvalue weighted by molar-refractivity contribution is -0.133. The molecule has 2 aromatic rings. The molecule has 1 aromatic heterocycles. The maximum atomic E-state index is 12.7. The van der Waals surface area contributed by atoms with E-state index in [1.165, 1.54) is 0 Å². The van der Waals surface area contributed by atoms with Crippen LogP contribution >= 0.6 is 0 Å². The van der Waals surface area contributed by atoms with Crippen LogP contribution in [0, 0.1) is 5.92 Å². The Labute approximate surface area is 159 Å². The fourth-order valence-corrected chi connectivity index (χ4v) is 4.34. The second-order valence-corrected chi connectivity index (χ2v) is 7.86. The molecular weight excluding hydrogens is 342 g/mol. The monoisotopic (exact) mass is 369 g/mol. The van der Waals surface area contributed by atoms with Gasteiger partial charge in [0, 0.05) is 37.0 Å². The Morgan fingerprint density at radius 2 is 2.04 bits per heavy atom. The van der Waals surface area contributed by atoms with Gasteiger partial charge in [0.1, 0.15) is 5.58 Å². The van der Waals surface area contributed by atoms with Crippen molar-refractivity contribution in [1.82, 2.24) is 10.2 Å². The first kappa shape index (κ1) is 18.0. The van der Waals surface area contributed by atoms with E-state index in [4.69, 9.17) is 10.2 Å². The molecule has 1 aliphatic carbocycles. The molecule has 0 radical (unpaired) electrons. The van der Waals surface area contributed by atoms with Crippen LogP contribution in [0.25, 0.3) is 11.0 Å². The molecule has 4 rings (SSSR count). The van der Waals surface area contributed by atoms with Gasteiger partial charge < -0.3 is 20.4 Å². The van der Waals surface area contributed by atoms with Gasteiger partial charge in [0.2, 0.25) is 5.91 Å². The number of nitrogens with zero attached hydrogens (tertiary/aromatic N) is 1. The van der Waals surface area contributed by atoms with Crippen molar-refractivity contribution in [1.29, 1.82) is 0 Å². The third kappa shape index (κ3) is 4.00. The number of carbonyl (C=O) groups is 2. The third-order valence-electron chi connectivity index (χ3n) is 5.91. The Balaban J connectivity index is 1.35. The molecule has 6 nitrogen and oxygen atoms in total. The van der Waals surface area contributed by atoms with E-state index in [9.17, 15) is 9.59 Å². The van der Waals surface area contributed by atoms with Crippen LogP contribution in [-0.4, -0.2) is 41.9 Å². The summed E-state index contributed by atoms with van der Waals surface area (Å²) in [6.07, 6.45) is 5.49. The summed E-state index contributed by atoms with van der Waals surface area (Å²) in [5.41, 5.74) is 6.81. The van der Waals surface area contributed by atoms with E-state index < -0.39 is 0 Å². The molecular formula is C21H27N3O3. The predicted octanol–water partition coefficient (Wildman–Crippen LogP) is 2.67. The minimum atomic E-state index is -0.219. The number of amides is 2. The molecule has 144 valence electrons. The van der Waals surface area contributed by atoms with Crippen LogP contribution in [0.3, 0.4) is 0 Å². The average molecular weight is 369 g/mol.